The normalized spacial score (nSPS) is 11.1. The number of nitrogens with two attached hydrogens (primary N) is 1. The molecule has 0 aliphatic heterocycles. The van der Waals surface area contributed by atoms with Gasteiger partial charge in [-0.2, -0.15) is 0 Å². The van der Waals surface area contributed by atoms with Gasteiger partial charge in [-0.15, -0.1) is 0 Å². The lowest BCUT2D eigenvalue weighted by Gasteiger charge is -2.06. The van der Waals surface area contributed by atoms with E-state index in [0.717, 1.165) is 0 Å². The molecule has 0 heterocycles. The number of benzene rings is 2. The molecule has 2 aromatic carbocycles. The number of carbonyl (C=O) groups is 2. The summed E-state index contributed by atoms with van der Waals surface area (Å²) in [5, 5.41) is 14.1. The highest BCUT2D eigenvalue weighted by molar-refractivity contribution is 7.89. The van der Waals surface area contributed by atoms with Crippen molar-refractivity contribution in [2.75, 3.05) is 0 Å². The number of rotatable bonds is 5. The molecule has 0 aliphatic carbocycles. The summed E-state index contributed by atoms with van der Waals surface area (Å²) < 4.78 is 22.6. The maximum Gasteiger partial charge on any atom is 0.336 e. The molecule has 0 aliphatic rings. The predicted octanol–water partition coefficient (Wildman–Crippen LogP) is 1.46. The molecule has 0 saturated carbocycles. The highest BCUT2D eigenvalue weighted by Gasteiger charge is 2.17. The number of ketones is 1. The molecule has 0 radical (unpaired) electrons. The van der Waals surface area contributed by atoms with Gasteiger partial charge in [0.05, 0.1) is 10.5 Å². The van der Waals surface area contributed by atoms with Crippen molar-refractivity contribution < 1.29 is 23.1 Å². The summed E-state index contributed by atoms with van der Waals surface area (Å²) >= 11 is 0. The Hall–Kier alpha value is -2.51. The second-order valence-electron chi connectivity index (χ2n) is 4.64. The van der Waals surface area contributed by atoms with Gasteiger partial charge in [0.1, 0.15) is 0 Å². The first-order valence-corrected chi connectivity index (χ1v) is 7.81. The first-order valence-electron chi connectivity index (χ1n) is 6.26. The minimum atomic E-state index is -3.85. The van der Waals surface area contributed by atoms with Crippen LogP contribution in [0.2, 0.25) is 0 Å². The number of carboxylic acids is 1. The van der Waals surface area contributed by atoms with E-state index in [9.17, 15) is 18.0 Å². The highest BCUT2D eigenvalue weighted by atomic mass is 32.2. The van der Waals surface area contributed by atoms with Crippen molar-refractivity contribution in [3.8, 4) is 0 Å². The van der Waals surface area contributed by atoms with E-state index < -0.39 is 21.8 Å². The van der Waals surface area contributed by atoms with E-state index in [1.54, 1.807) is 12.1 Å². The Morgan fingerprint density at radius 1 is 1.00 bits per heavy atom. The van der Waals surface area contributed by atoms with Crippen molar-refractivity contribution in [3.63, 3.8) is 0 Å². The molecule has 22 heavy (non-hydrogen) atoms. The number of carboxylic acid groups (broad SMARTS) is 1. The Labute approximate surface area is 127 Å². The Morgan fingerprint density at radius 3 is 2.23 bits per heavy atom. The van der Waals surface area contributed by atoms with E-state index in [-0.39, 0.29) is 22.4 Å². The van der Waals surface area contributed by atoms with Crippen LogP contribution in [-0.2, 0) is 16.4 Å². The first kappa shape index (κ1) is 15.9. The monoisotopic (exact) mass is 319 g/mol. The SMILES string of the molecule is NS(=O)(=O)c1cccc(CC(=O)c2ccccc2C(=O)O)c1. The van der Waals surface area contributed by atoms with E-state index in [4.69, 9.17) is 10.2 Å². The molecule has 0 saturated heterocycles. The van der Waals surface area contributed by atoms with E-state index in [2.05, 4.69) is 0 Å². The summed E-state index contributed by atoms with van der Waals surface area (Å²) in [7, 11) is -3.85. The molecule has 3 N–H and O–H groups in total. The van der Waals surface area contributed by atoms with Gasteiger partial charge in [0.2, 0.25) is 10.0 Å². The molecule has 2 rings (SSSR count). The van der Waals surface area contributed by atoms with Gasteiger partial charge in [0.25, 0.3) is 0 Å². The zero-order valence-corrected chi connectivity index (χ0v) is 12.2. The van der Waals surface area contributed by atoms with Crippen LogP contribution in [0.3, 0.4) is 0 Å². The number of primary sulfonamides is 1. The zero-order valence-electron chi connectivity index (χ0n) is 11.4. The smallest absolute Gasteiger partial charge is 0.336 e. The summed E-state index contributed by atoms with van der Waals surface area (Å²) in [6.07, 6.45) is -0.117. The Morgan fingerprint density at radius 2 is 1.64 bits per heavy atom. The third-order valence-electron chi connectivity index (χ3n) is 3.05. The molecule has 0 amide bonds. The van der Waals surface area contributed by atoms with Crippen LogP contribution < -0.4 is 5.14 Å². The fourth-order valence-corrected chi connectivity index (χ4v) is 2.61. The molecule has 6 nitrogen and oxygen atoms in total. The maximum absolute atomic E-state index is 12.3. The molecule has 0 spiro atoms. The standard InChI is InChI=1S/C15H13NO5S/c16-22(20,21)11-5-3-4-10(8-11)9-14(17)12-6-1-2-7-13(12)15(18)19/h1-8H,9H2,(H,18,19)(H2,16,20,21). The van der Waals surface area contributed by atoms with Crippen LogP contribution in [0.1, 0.15) is 26.3 Å². The average molecular weight is 319 g/mol. The van der Waals surface area contributed by atoms with Gasteiger partial charge in [-0.1, -0.05) is 30.3 Å². The van der Waals surface area contributed by atoms with Crippen LogP contribution in [0.15, 0.2) is 53.4 Å². The minimum absolute atomic E-state index is 0.0796. The van der Waals surface area contributed by atoms with E-state index in [1.165, 1.54) is 36.4 Å². The summed E-state index contributed by atoms with van der Waals surface area (Å²) in [5.74, 6) is -1.60. The molecular weight excluding hydrogens is 306 g/mol. The number of hydrogen-bond acceptors (Lipinski definition) is 4. The summed E-state index contributed by atoms with van der Waals surface area (Å²) in [5.41, 5.74) is 0.433. The number of hydrogen-bond donors (Lipinski definition) is 2. The number of sulfonamides is 1. The minimum Gasteiger partial charge on any atom is -0.478 e. The molecule has 0 atom stereocenters. The Kier molecular flexibility index (Phi) is 4.39. The number of carbonyl (C=O) groups excluding carboxylic acids is 1. The van der Waals surface area contributed by atoms with Crippen LogP contribution in [0.5, 0.6) is 0 Å². The molecule has 0 fully saturated rings. The Bertz CT molecular complexity index is 843. The van der Waals surface area contributed by atoms with Gasteiger partial charge in [-0.3, -0.25) is 4.79 Å². The van der Waals surface area contributed by atoms with E-state index >= 15 is 0 Å². The van der Waals surface area contributed by atoms with Gasteiger partial charge >= 0.3 is 5.97 Å². The summed E-state index contributed by atoms with van der Waals surface area (Å²) in [6.45, 7) is 0. The second kappa shape index (κ2) is 6.08. The average Bonchev–Trinajstić information content (AvgIpc) is 2.46. The lowest BCUT2D eigenvalue weighted by atomic mass is 9.98. The van der Waals surface area contributed by atoms with Crippen molar-refractivity contribution in [2.45, 2.75) is 11.3 Å². The van der Waals surface area contributed by atoms with Crippen molar-refractivity contribution in [1.29, 1.82) is 0 Å². The van der Waals surface area contributed by atoms with Crippen LogP contribution in [0, 0.1) is 0 Å². The summed E-state index contributed by atoms with van der Waals surface area (Å²) in [6, 6.07) is 11.6. The third-order valence-corrected chi connectivity index (χ3v) is 3.96. The van der Waals surface area contributed by atoms with E-state index in [1.807, 2.05) is 0 Å². The predicted molar refractivity (Wildman–Crippen MR) is 79.3 cm³/mol. The topological polar surface area (TPSA) is 115 Å². The van der Waals surface area contributed by atoms with Crippen molar-refractivity contribution in [1.82, 2.24) is 0 Å². The van der Waals surface area contributed by atoms with Gasteiger partial charge < -0.3 is 5.11 Å². The van der Waals surface area contributed by atoms with Gasteiger partial charge in [-0.25, -0.2) is 18.4 Å². The quantitative estimate of drug-likeness (QED) is 0.810. The summed E-state index contributed by atoms with van der Waals surface area (Å²) in [4.78, 5) is 23.3. The van der Waals surface area contributed by atoms with Crippen LogP contribution in [0.25, 0.3) is 0 Å². The second-order valence-corrected chi connectivity index (χ2v) is 6.20. The van der Waals surface area contributed by atoms with Crippen LogP contribution in [0.4, 0.5) is 0 Å². The lowest BCUT2D eigenvalue weighted by molar-refractivity contribution is 0.0692. The first-order chi connectivity index (χ1) is 10.3. The molecule has 2 aromatic rings. The van der Waals surface area contributed by atoms with Crippen molar-refractivity contribution in [2.24, 2.45) is 5.14 Å². The zero-order chi connectivity index (χ0) is 16.3. The largest absolute Gasteiger partial charge is 0.478 e. The van der Waals surface area contributed by atoms with Crippen molar-refractivity contribution in [3.05, 3.63) is 65.2 Å². The molecule has 7 heteroatoms. The maximum atomic E-state index is 12.3. The Balaban J connectivity index is 2.33. The molecule has 0 unspecified atom stereocenters. The number of Topliss-reactive ketones (excluding diaryl/α,β-unsaturated/α-hetero) is 1. The van der Waals surface area contributed by atoms with Crippen LogP contribution in [-0.4, -0.2) is 25.3 Å². The molecule has 0 aromatic heterocycles. The third kappa shape index (κ3) is 3.57. The van der Waals surface area contributed by atoms with Gasteiger partial charge in [0, 0.05) is 12.0 Å². The highest BCUT2D eigenvalue weighted by Crippen LogP contribution is 2.15. The molecule has 114 valence electrons. The number of aromatic carboxylic acids is 1. The van der Waals surface area contributed by atoms with Crippen LogP contribution >= 0.6 is 0 Å². The fraction of sp³-hybridized carbons (Fsp3) is 0.0667. The van der Waals surface area contributed by atoms with E-state index in [0.29, 0.717) is 5.56 Å². The molecule has 0 bridgehead atoms. The van der Waals surface area contributed by atoms with Gasteiger partial charge in [-0.05, 0) is 23.8 Å². The lowest BCUT2D eigenvalue weighted by Crippen LogP contribution is -2.13. The van der Waals surface area contributed by atoms with Gasteiger partial charge in [0.15, 0.2) is 5.78 Å². The molecular formula is C15H13NO5S. The fourth-order valence-electron chi connectivity index (χ4n) is 2.03. The van der Waals surface area contributed by atoms with Crippen molar-refractivity contribution >= 4 is 21.8 Å².